The van der Waals surface area contributed by atoms with E-state index >= 15 is 0 Å². The van der Waals surface area contributed by atoms with E-state index in [4.69, 9.17) is 0 Å². The molecular weight excluding hydrogens is 364 g/mol. The first-order valence-corrected chi connectivity index (χ1v) is 12.2. The number of Topliss-reactive ketones (excluding diaryl/α,β-unsaturated/α-hetero) is 1. The van der Waals surface area contributed by atoms with Gasteiger partial charge in [0, 0.05) is 12.8 Å². The van der Waals surface area contributed by atoms with Crippen LogP contribution in [0.25, 0.3) is 0 Å². The molecule has 0 aromatic heterocycles. The first kappa shape index (κ1) is 21.3. The topological polar surface area (TPSA) is 17.1 Å². The van der Waals surface area contributed by atoms with E-state index in [1.165, 1.54) is 73.6 Å². The third-order valence-electron chi connectivity index (χ3n) is 7.84. The van der Waals surface area contributed by atoms with E-state index in [2.05, 4.69) is 62.4 Å². The molecule has 2 aromatic carbocycles. The van der Waals surface area contributed by atoms with Crippen LogP contribution in [0, 0.1) is 25.7 Å². The zero-order valence-corrected chi connectivity index (χ0v) is 18.9. The van der Waals surface area contributed by atoms with E-state index in [1.807, 2.05) is 0 Å². The molecule has 1 heteroatoms. The summed E-state index contributed by atoms with van der Waals surface area (Å²) in [4.78, 5) is 13.5. The molecule has 0 aliphatic heterocycles. The van der Waals surface area contributed by atoms with Crippen molar-refractivity contribution >= 4 is 5.78 Å². The maximum atomic E-state index is 13.5. The molecule has 0 amide bonds. The quantitative estimate of drug-likeness (QED) is 0.438. The number of benzene rings is 2. The average Bonchev–Trinajstić information content (AvgIpc) is 3.46. The van der Waals surface area contributed by atoms with Crippen molar-refractivity contribution in [1.82, 2.24) is 0 Å². The summed E-state index contributed by atoms with van der Waals surface area (Å²) in [6.07, 6.45) is 11.9. The van der Waals surface area contributed by atoms with Crippen molar-refractivity contribution in [2.75, 3.05) is 0 Å². The molecule has 2 atom stereocenters. The summed E-state index contributed by atoms with van der Waals surface area (Å²) in [5.41, 5.74) is 5.37. The van der Waals surface area contributed by atoms with Crippen LogP contribution in [0.3, 0.4) is 0 Å². The van der Waals surface area contributed by atoms with Gasteiger partial charge in [-0.15, -0.1) is 0 Å². The van der Waals surface area contributed by atoms with Crippen LogP contribution >= 0.6 is 0 Å². The molecular formula is C29H38O. The van der Waals surface area contributed by atoms with Crippen molar-refractivity contribution in [3.8, 4) is 0 Å². The zero-order valence-electron chi connectivity index (χ0n) is 18.9. The predicted octanol–water partition coefficient (Wildman–Crippen LogP) is 7.90. The normalized spacial score (nSPS) is 19.8. The summed E-state index contributed by atoms with van der Waals surface area (Å²) in [7, 11) is 0. The van der Waals surface area contributed by atoms with Crippen LogP contribution in [0.1, 0.15) is 98.3 Å². The Morgan fingerprint density at radius 2 is 1.00 bits per heavy atom. The van der Waals surface area contributed by atoms with Gasteiger partial charge in [0.2, 0.25) is 0 Å². The Morgan fingerprint density at radius 3 is 1.33 bits per heavy atom. The zero-order chi connectivity index (χ0) is 20.9. The average molecular weight is 403 g/mol. The van der Waals surface area contributed by atoms with Gasteiger partial charge in [-0.25, -0.2) is 0 Å². The summed E-state index contributed by atoms with van der Waals surface area (Å²) >= 11 is 0. The molecule has 0 spiro atoms. The largest absolute Gasteiger partial charge is 0.300 e. The van der Waals surface area contributed by atoms with Gasteiger partial charge in [-0.2, -0.15) is 0 Å². The van der Waals surface area contributed by atoms with Gasteiger partial charge in [0.05, 0.1) is 0 Å². The lowest BCUT2D eigenvalue weighted by atomic mass is 9.77. The monoisotopic (exact) mass is 402 g/mol. The number of hydrogen-bond donors (Lipinski definition) is 0. The molecule has 0 saturated heterocycles. The fourth-order valence-electron chi connectivity index (χ4n) is 6.03. The smallest absolute Gasteiger partial charge is 0.134 e. The number of hydrogen-bond acceptors (Lipinski definition) is 1. The molecule has 0 N–H and O–H groups in total. The van der Waals surface area contributed by atoms with Gasteiger partial charge in [-0.1, -0.05) is 85.3 Å². The second-order valence-electron chi connectivity index (χ2n) is 10.1. The number of rotatable bonds is 8. The van der Waals surface area contributed by atoms with E-state index in [0.717, 1.165) is 12.8 Å². The van der Waals surface area contributed by atoms with Crippen LogP contribution in [0.15, 0.2) is 48.5 Å². The number of carbonyl (C=O) groups is 1. The van der Waals surface area contributed by atoms with Crippen LogP contribution < -0.4 is 0 Å². The van der Waals surface area contributed by atoms with Crippen LogP contribution in [0.4, 0.5) is 0 Å². The summed E-state index contributed by atoms with van der Waals surface area (Å²) in [5, 5.41) is 0. The number of aryl methyl sites for hydroxylation is 2. The van der Waals surface area contributed by atoms with Crippen molar-refractivity contribution in [2.24, 2.45) is 11.8 Å². The van der Waals surface area contributed by atoms with Gasteiger partial charge in [-0.3, -0.25) is 4.79 Å². The third kappa shape index (κ3) is 5.23. The molecule has 30 heavy (non-hydrogen) atoms. The third-order valence-corrected chi connectivity index (χ3v) is 7.84. The Labute approximate surface area is 183 Å². The number of ketones is 1. The van der Waals surface area contributed by atoms with Crippen molar-refractivity contribution < 1.29 is 4.79 Å². The van der Waals surface area contributed by atoms with Crippen molar-refractivity contribution in [2.45, 2.75) is 89.9 Å². The van der Waals surface area contributed by atoms with E-state index in [1.54, 1.807) is 0 Å². The highest BCUT2D eigenvalue weighted by molar-refractivity contribution is 5.80. The van der Waals surface area contributed by atoms with Crippen LogP contribution in [-0.4, -0.2) is 5.78 Å². The first-order valence-electron chi connectivity index (χ1n) is 12.2. The van der Waals surface area contributed by atoms with Crippen molar-refractivity contribution in [3.05, 3.63) is 70.8 Å². The maximum Gasteiger partial charge on any atom is 0.134 e. The summed E-state index contributed by atoms with van der Waals surface area (Å²) in [5.74, 6) is 2.65. The van der Waals surface area contributed by atoms with E-state index in [9.17, 15) is 4.79 Å². The van der Waals surface area contributed by atoms with Gasteiger partial charge >= 0.3 is 0 Å². The minimum atomic E-state index is 0.405. The SMILES string of the molecule is Cc1ccc(C(CC(=O)CC(c2ccc(C)cc2)C2CCCC2)C2CCCC2)cc1. The standard InChI is InChI=1S/C29H38O/c1-21-11-15-25(16-12-21)28(23-7-3-4-8-23)19-27(30)20-29(24-9-5-6-10-24)26-17-13-22(2)14-18-26/h11-18,23-24,28-29H,3-10,19-20H2,1-2H3. The lowest BCUT2D eigenvalue weighted by Gasteiger charge is -2.27. The van der Waals surface area contributed by atoms with Gasteiger partial charge in [0.15, 0.2) is 0 Å². The molecule has 0 bridgehead atoms. The van der Waals surface area contributed by atoms with Crippen LogP contribution in [0.5, 0.6) is 0 Å². The maximum absolute atomic E-state index is 13.5. The molecule has 4 rings (SSSR count). The van der Waals surface area contributed by atoms with Gasteiger partial charge in [0.1, 0.15) is 5.78 Å². The highest BCUT2D eigenvalue weighted by atomic mass is 16.1. The molecule has 2 unspecified atom stereocenters. The lowest BCUT2D eigenvalue weighted by molar-refractivity contribution is -0.120. The predicted molar refractivity (Wildman–Crippen MR) is 126 cm³/mol. The summed E-state index contributed by atoms with van der Waals surface area (Å²) in [6.45, 7) is 4.29. The Morgan fingerprint density at radius 1 is 0.667 bits per heavy atom. The second kappa shape index (κ2) is 9.94. The van der Waals surface area contributed by atoms with Crippen molar-refractivity contribution in [3.63, 3.8) is 0 Å². The Balaban J connectivity index is 1.51. The van der Waals surface area contributed by atoms with Gasteiger partial charge < -0.3 is 0 Å². The van der Waals surface area contributed by atoms with Gasteiger partial charge in [-0.05, 0) is 74.3 Å². The molecule has 0 heterocycles. The van der Waals surface area contributed by atoms with Gasteiger partial charge in [0.25, 0.3) is 0 Å². The minimum absolute atomic E-state index is 0.405. The molecule has 2 aliphatic carbocycles. The fraction of sp³-hybridized carbons (Fsp3) is 0.552. The second-order valence-corrected chi connectivity index (χ2v) is 10.1. The van der Waals surface area contributed by atoms with E-state index in [0.29, 0.717) is 29.5 Å². The molecule has 2 aliphatic rings. The highest BCUT2D eigenvalue weighted by Gasteiger charge is 2.32. The molecule has 2 fully saturated rings. The van der Waals surface area contributed by atoms with Crippen molar-refractivity contribution in [1.29, 1.82) is 0 Å². The summed E-state index contributed by atoms with van der Waals surface area (Å²) in [6, 6.07) is 18.0. The summed E-state index contributed by atoms with van der Waals surface area (Å²) < 4.78 is 0. The molecule has 160 valence electrons. The highest BCUT2D eigenvalue weighted by Crippen LogP contribution is 2.43. The first-order chi connectivity index (χ1) is 14.6. The minimum Gasteiger partial charge on any atom is -0.300 e. The molecule has 1 nitrogen and oxygen atoms in total. The molecule has 2 saturated carbocycles. The molecule has 2 aromatic rings. The number of carbonyl (C=O) groups excluding carboxylic acids is 1. The Kier molecular flexibility index (Phi) is 7.08. The lowest BCUT2D eigenvalue weighted by Crippen LogP contribution is -2.19. The van der Waals surface area contributed by atoms with Crippen LogP contribution in [0.2, 0.25) is 0 Å². The fourth-order valence-corrected chi connectivity index (χ4v) is 6.03. The van der Waals surface area contributed by atoms with E-state index < -0.39 is 0 Å². The Bertz CT molecular complexity index is 735. The molecule has 0 radical (unpaired) electrons. The van der Waals surface area contributed by atoms with Crippen LogP contribution in [-0.2, 0) is 4.79 Å². The van der Waals surface area contributed by atoms with E-state index in [-0.39, 0.29) is 0 Å². The Hall–Kier alpha value is -1.89.